The number of hydrogen-bond acceptors (Lipinski definition) is 2. The number of carbonyl (C=O) groups is 1. The second-order valence-electron chi connectivity index (χ2n) is 3.17. The highest BCUT2D eigenvalue weighted by atomic mass is 32.2. The average molecular weight is 213 g/mol. The molecule has 0 saturated heterocycles. The van der Waals surface area contributed by atoms with Crippen molar-refractivity contribution >= 4 is 17.7 Å². The molecule has 0 saturated carbocycles. The van der Waals surface area contributed by atoms with Gasteiger partial charge >= 0.3 is 0 Å². The van der Waals surface area contributed by atoms with Crippen LogP contribution in [0.5, 0.6) is 0 Å². The summed E-state index contributed by atoms with van der Waals surface area (Å²) in [5.41, 5.74) is 5.39. The molecule has 0 unspecified atom stereocenters. The summed E-state index contributed by atoms with van der Waals surface area (Å²) >= 11 is 1.49. The number of nitrogens with two attached hydrogens (primary N) is 1. The van der Waals surface area contributed by atoms with Crippen LogP contribution in [0.15, 0.2) is 23.1 Å². The lowest BCUT2D eigenvalue weighted by atomic mass is 10.2. The molecule has 1 aromatic carbocycles. The first kappa shape index (κ1) is 11.0. The summed E-state index contributed by atoms with van der Waals surface area (Å²) in [7, 11) is 0. The zero-order valence-corrected chi connectivity index (χ0v) is 8.90. The highest BCUT2D eigenvalue weighted by Crippen LogP contribution is 2.26. The maximum Gasteiger partial charge on any atom is 0.249 e. The van der Waals surface area contributed by atoms with Crippen LogP contribution in [0.25, 0.3) is 0 Å². The van der Waals surface area contributed by atoms with E-state index in [1.165, 1.54) is 23.9 Å². The number of halogens is 1. The largest absolute Gasteiger partial charge is 0.366 e. The van der Waals surface area contributed by atoms with E-state index in [4.69, 9.17) is 5.73 Å². The Morgan fingerprint density at radius 3 is 2.64 bits per heavy atom. The van der Waals surface area contributed by atoms with Crippen LogP contribution in [0, 0.1) is 5.82 Å². The molecular formula is C10H12FNOS. The number of hydrogen-bond donors (Lipinski definition) is 1. The number of thioether (sulfide) groups is 1. The van der Waals surface area contributed by atoms with Crippen molar-refractivity contribution in [2.24, 2.45) is 5.73 Å². The molecule has 1 amide bonds. The van der Waals surface area contributed by atoms with Gasteiger partial charge in [0, 0.05) is 10.1 Å². The average Bonchev–Trinajstić information content (AvgIpc) is 2.07. The molecule has 2 nitrogen and oxygen atoms in total. The molecule has 0 bridgehead atoms. The molecule has 0 radical (unpaired) electrons. The van der Waals surface area contributed by atoms with Gasteiger partial charge < -0.3 is 5.73 Å². The third-order valence-electron chi connectivity index (χ3n) is 1.57. The summed E-state index contributed by atoms with van der Waals surface area (Å²) in [5, 5.41) is 0.332. The van der Waals surface area contributed by atoms with Gasteiger partial charge in [0.2, 0.25) is 5.91 Å². The Bertz CT molecular complexity index is 352. The zero-order chi connectivity index (χ0) is 10.7. The molecule has 76 valence electrons. The standard InChI is InChI=1S/C10H12FNOS/c1-6(2)14-9-4-3-7(11)5-8(9)10(12)13/h3-6H,1-2H3,(H2,12,13). The predicted octanol–water partition coefficient (Wildman–Crippen LogP) is 2.43. The minimum atomic E-state index is -0.590. The Balaban J connectivity index is 3.08. The molecular weight excluding hydrogens is 201 g/mol. The second kappa shape index (κ2) is 4.46. The first-order valence-corrected chi connectivity index (χ1v) is 5.14. The Morgan fingerprint density at radius 2 is 2.14 bits per heavy atom. The van der Waals surface area contributed by atoms with Gasteiger partial charge in [-0.3, -0.25) is 4.79 Å². The fourth-order valence-corrected chi connectivity index (χ4v) is 1.99. The molecule has 1 aromatic rings. The molecule has 14 heavy (non-hydrogen) atoms. The molecule has 0 spiro atoms. The number of amides is 1. The van der Waals surface area contributed by atoms with Crippen molar-refractivity contribution in [3.05, 3.63) is 29.6 Å². The third kappa shape index (κ3) is 2.73. The van der Waals surface area contributed by atoms with Crippen LogP contribution < -0.4 is 5.73 Å². The quantitative estimate of drug-likeness (QED) is 0.783. The van der Waals surface area contributed by atoms with E-state index < -0.39 is 11.7 Å². The smallest absolute Gasteiger partial charge is 0.249 e. The van der Waals surface area contributed by atoms with Gasteiger partial charge in [0.15, 0.2) is 0 Å². The number of primary amides is 1. The normalized spacial score (nSPS) is 10.6. The number of carbonyl (C=O) groups excluding carboxylic acids is 1. The van der Waals surface area contributed by atoms with E-state index in [0.29, 0.717) is 5.25 Å². The van der Waals surface area contributed by atoms with Gasteiger partial charge in [0.1, 0.15) is 5.82 Å². The minimum Gasteiger partial charge on any atom is -0.366 e. The van der Waals surface area contributed by atoms with Crippen molar-refractivity contribution in [2.45, 2.75) is 24.0 Å². The molecule has 0 heterocycles. The maximum atomic E-state index is 12.8. The van der Waals surface area contributed by atoms with Crippen molar-refractivity contribution in [1.82, 2.24) is 0 Å². The van der Waals surface area contributed by atoms with Crippen LogP contribution in [0.2, 0.25) is 0 Å². The van der Waals surface area contributed by atoms with E-state index in [9.17, 15) is 9.18 Å². The highest BCUT2D eigenvalue weighted by molar-refractivity contribution is 8.00. The number of rotatable bonds is 3. The minimum absolute atomic E-state index is 0.253. The third-order valence-corrected chi connectivity index (χ3v) is 2.65. The fourth-order valence-electron chi connectivity index (χ4n) is 1.05. The van der Waals surface area contributed by atoms with Crippen LogP contribution in [0.4, 0.5) is 4.39 Å². The topological polar surface area (TPSA) is 43.1 Å². The second-order valence-corrected chi connectivity index (χ2v) is 4.79. The Morgan fingerprint density at radius 1 is 1.50 bits per heavy atom. The van der Waals surface area contributed by atoms with E-state index in [2.05, 4.69) is 0 Å². The van der Waals surface area contributed by atoms with E-state index in [1.54, 1.807) is 6.07 Å². The van der Waals surface area contributed by atoms with Gasteiger partial charge in [-0.1, -0.05) is 13.8 Å². The maximum absolute atomic E-state index is 12.8. The van der Waals surface area contributed by atoms with Crippen molar-refractivity contribution in [3.8, 4) is 0 Å². The first-order chi connectivity index (χ1) is 6.50. The molecule has 0 aliphatic heterocycles. The zero-order valence-electron chi connectivity index (χ0n) is 8.08. The van der Waals surface area contributed by atoms with Crippen LogP contribution in [-0.4, -0.2) is 11.2 Å². The molecule has 0 aliphatic rings. The van der Waals surface area contributed by atoms with Crippen LogP contribution in [-0.2, 0) is 0 Å². The van der Waals surface area contributed by atoms with E-state index >= 15 is 0 Å². The lowest BCUT2D eigenvalue weighted by molar-refractivity contribution is 0.0997. The molecule has 0 aromatic heterocycles. The molecule has 0 aliphatic carbocycles. The van der Waals surface area contributed by atoms with Gasteiger partial charge in [-0.25, -0.2) is 4.39 Å². The predicted molar refractivity (Wildman–Crippen MR) is 55.9 cm³/mol. The summed E-state index contributed by atoms with van der Waals surface area (Å²) in [6, 6.07) is 4.09. The van der Waals surface area contributed by atoms with E-state index in [-0.39, 0.29) is 5.56 Å². The Hall–Kier alpha value is -1.03. The van der Waals surface area contributed by atoms with Crippen molar-refractivity contribution < 1.29 is 9.18 Å². The van der Waals surface area contributed by atoms with Crippen LogP contribution in [0.1, 0.15) is 24.2 Å². The van der Waals surface area contributed by atoms with E-state index in [1.807, 2.05) is 13.8 Å². The van der Waals surface area contributed by atoms with Gasteiger partial charge in [-0.05, 0) is 18.2 Å². The van der Waals surface area contributed by atoms with Crippen molar-refractivity contribution in [3.63, 3.8) is 0 Å². The van der Waals surface area contributed by atoms with Crippen molar-refractivity contribution in [2.75, 3.05) is 0 Å². The summed E-state index contributed by atoms with van der Waals surface area (Å²) in [5.74, 6) is -1.03. The lowest BCUT2D eigenvalue weighted by Crippen LogP contribution is -2.13. The highest BCUT2D eigenvalue weighted by Gasteiger charge is 2.10. The van der Waals surface area contributed by atoms with E-state index in [0.717, 1.165) is 4.90 Å². The Kier molecular flexibility index (Phi) is 3.52. The van der Waals surface area contributed by atoms with Crippen LogP contribution in [0.3, 0.4) is 0 Å². The SMILES string of the molecule is CC(C)Sc1ccc(F)cc1C(N)=O. The molecule has 0 fully saturated rings. The summed E-state index contributed by atoms with van der Waals surface area (Å²) in [6.07, 6.45) is 0. The summed E-state index contributed by atoms with van der Waals surface area (Å²) in [4.78, 5) is 11.7. The first-order valence-electron chi connectivity index (χ1n) is 4.26. The van der Waals surface area contributed by atoms with Gasteiger partial charge in [-0.15, -0.1) is 11.8 Å². The number of benzene rings is 1. The fraction of sp³-hybridized carbons (Fsp3) is 0.300. The van der Waals surface area contributed by atoms with Gasteiger partial charge in [-0.2, -0.15) is 0 Å². The lowest BCUT2D eigenvalue weighted by Gasteiger charge is -2.08. The monoisotopic (exact) mass is 213 g/mol. The molecule has 2 N–H and O–H groups in total. The van der Waals surface area contributed by atoms with Crippen molar-refractivity contribution in [1.29, 1.82) is 0 Å². The summed E-state index contributed by atoms with van der Waals surface area (Å²) in [6.45, 7) is 4.00. The van der Waals surface area contributed by atoms with Crippen LogP contribution >= 0.6 is 11.8 Å². The summed E-state index contributed by atoms with van der Waals surface area (Å²) < 4.78 is 12.8. The van der Waals surface area contributed by atoms with Gasteiger partial charge in [0.25, 0.3) is 0 Å². The molecule has 1 rings (SSSR count). The Labute approximate surface area is 86.7 Å². The molecule has 4 heteroatoms. The van der Waals surface area contributed by atoms with Gasteiger partial charge in [0.05, 0.1) is 5.56 Å². The molecule has 0 atom stereocenters.